The second-order valence-electron chi connectivity index (χ2n) is 7.32. The molecule has 2 aliphatic rings. The lowest BCUT2D eigenvalue weighted by Crippen LogP contribution is -2.53. The van der Waals surface area contributed by atoms with Crippen LogP contribution in [0.4, 0.5) is 4.39 Å². The standard InChI is InChI=1S/C19H27FN2O4/c1-12-5-7-22(8-6-12)17-15(26-16(11-23)18(17)24)10-21-19(25)13-3-2-4-14(20)9-13/h2-4,9,12,15-18,23-24H,5-8,10-11H2,1H3,(H,21,25). The van der Waals surface area contributed by atoms with Gasteiger partial charge in [0.1, 0.15) is 18.0 Å². The summed E-state index contributed by atoms with van der Waals surface area (Å²) in [4.78, 5) is 14.4. The first-order chi connectivity index (χ1) is 12.5. The van der Waals surface area contributed by atoms with Crippen molar-refractivity contribution in [1.29, 1.82) is 0 Å². The SMILES string of the molecule is CC1CCN(C2C(CNC(=O)c3cccc(F)c3)OC(CO)C2O)CC1. The fourth-order valence-corrected chi connectivity index (χ4v) is 3.85. The normalized spacial score (nSPS) is 30.5. The lowest BCUT2D eigenvalue weighted by molar-refractivity contribution is -0.0209. The third-order valence-electron chi connectivity index (χ3n) is 5.43. The molecule has 0 radical (unpaired) electrons. The maximum absolute atomic E-state index is 13.3. The molecule has 0 saturated carbocycles. The smallest absolute Gasteiger partial charge is 0.251 e. The van der Waals surface area contributed by atoms with Crippen molar-refractivity contribution in [2.45, 2.75) is 44.1 Å². The summed E-state index contributed by atoms with van der Waals surface area (Å²) in [5, 5.41) is 22.8. The fraction of sp³-hybridized carbons (Fsp3) is 0.632. The van der Waals surface area contributed by atoms with Gasteiger partial charge in [-0.3, -0.25) is 9.69 Å². The molecule has 1 amide bonds. The molecule has 0 spiro atoms. The number of hydrogen-bond donors (Lipinski definition) is 3. The molecule has 3 N–H and O–H groups in total. The molecule has 4 atom stereocenters. The van der Waals surface area contributed by atoms with Crippen LogP contribution in [0.5, 0.6) is 0 Å². The number of ether oxygens (including phenoxy) is 1. The van der Waals surface area contributed by atoms with E-state index in [0.717, 1.165) is 25.9 Å². The van der Waals surface area contributed by atoms with Gasteiger partial charge in [0.15, 0.2) is 0 Å². The summed E-state index contributed by atoms with van der Waals surface area (Å²) in [5.74, 6) is -0.197. The molecule has 2 saturated heterocycles. The molecule has 144 valence electrons. The Hall–Kier alpha value is -1.54. The van der Waals surface area contributed by atoms with Gasteiger partial charge in [-0.1, -0.05) is 13.0 Å². The summed E-state index contributed by atoms with van der Waals surface area (Å²) < 4.78 is 19.1. The summed E-state index contributed by atoms with van der Waals surface area (Å²) in [5.41, 5.74) is 0.241. The van der Waals surface area contributed by atoms with Crippen molar-refractivity contribution < 1.29 is 24.1 Å². The number of amides is 1. The fourth-order valence-electron chi connectivity index (χ4n) is 3.85. The zero-order valence-corrected chi connectivity index (χ0v) is 15.0. The summed E-state index contributed by atoms with van der Waals surface area (Å²) in [7, 11) is 0. The lowest BCUT2D eigenvalue weighted by Gasteiger charge is -2.38. The first-order valence-electron chi connectivity index (χ1n) is 9.21. The molecular formula is C19H27FN2O4. The molecular weight excluding hydrogens is 339 g/mol. The number of benzene rings is 1. The maximum atomic E-state index is 13.3. The number of nitrogens with one attached hydrogen (secondary N) is 1. The Morgan fingerprint density at radius 1 is 1.35 bits per heavy atom. The average molecular weight is 366 g/mol. The number of hydrogen-bond acceptors (Lipinski definition) is 5. The van der Waals surface area contributed by atoms with E-state index in [9.17, 15) is 19.4 Å². The minimum absolute atomic E-state index is 0.194. The lowest BCUT2D eigenvalue weighted by atomic mass is 9.94. The number of nitrogens with zero attached hydrogens (tertiary/aromatic N) is 1. The highest BCUT2D eigenvalue weighted by atomic mass is 19.1. The molecule has 0 aliphatic carbocycles. The zero-order chi connectivity index (χ0) is 18.7. The van der Waals surface area contributed by atoms with E-state index in [2.05, 4.69) is 17.1 Å². The molecule has 2 aliphatic heterocycles. The third-order valence-corrected chi connectivity index (χ3v) is 5.43. The summed E-state index contributed by atoms with van der Waals surface area (Å²) >= 11 is 0. The Kier molecular flexibility index (Phi) is 6.24. The van der Waals surface area contributed by atoms with Crippen molar-refractivity contribution in [3.8, 4) is 0 Å². The van der Waals surface area contributed by atoms with E-state index < -0.39 is 24.1 Å². The van der Waals surface area contributed by atoms with Gasteiger partial charge in [0, 0.05) is 12.1 Å². The number of likely N-dealkylation sites (tertiary alicyclic amines) is 1. The maximum Gasteiger partial charge on any atom is 0.251 e. The number of aliphatic hydroxyl groups excluding tert-OH is 2. The zero-order valence-electron chi connectivity index (χ0n) is 15.0. The van der Waals surface area contributed by atoms with Crippen molar-refractivity contribution in [1.82, 2.24) is 10.2 Å². The molecule has 2 heterocycles. The topological polar surface area (TPSA) is 82.0 Å². The summed E-state index contributed by atoms with van der Waals surface area (Å²) in [6.07, 6.45) is 0.220. The second kappa shape index (κ2) is 8.43. The highest BCUT2D eigenvalue weighted by Gasteiger charge is 2.46. The quantitative estimate of drug-likeness (QED) is 0.717. The molecule has 6 nitrogen and oxygen atoms in total. The van der Waals surface area contributed by atoms with Crippen LogP contribution < -0.4 is 5.32 Å². The van der Waals surface area contributed by atoms with Gasteiger partial charge in [0.05, 0.1) is 18.8 Å². The van der Waals surface area contributed by atoms with Crippen LogP contribution in [0.2, 0.25) is 0 Å². The monoisotopic (exact) mass is 366 g/mol. The number of carbonyl (C=O) groups is 1. The Morgan fingerprint density at radius 2 is 2.08 bits per heavy atom. The van der Waals surface area contributed by atoms with Gasteiger partial charge in [0.25, 0.3) is 5.91 Å². The predicted molar refractivity (Wildman–Crippen MR) is 94.2 cm³/mol. The van der Waals surface area contributed by atoms with Crippen LogP contribution in [-0.4, -0.2) is 71.6 Å². The van der Waals surface area contributed by atoms with Crippen LogP contribution in [0.1, 0.15) is 30.1 Å². The van der Waals surface area contributed by atoms with Gasteiger partial charge >= 0.3 is 0 Å². The Morgan fingerprint density at radius 3 is 2.73 bits per heavy atom. The number of aliphatic hydroxyl groups is 2. The Balaban J connectivity index is 1.65. The van der Waals surface area contributed by atoms with Gasteiger partial charge in [-0.05, 0) is 50.0 Å². The molecule has 2 fully saturated rings. The number of carbonyl (C=O) groups excluding carboxylic acids is 1. The third kappa shape index (κ3) is 4.23. The van der Waals surface area contributed by atoms with Crippen molar-refractivity contribution in [3.05, 3.63) is 35.6 Å². The van der Waals surface area contributed by atoms with E-state index in [1.54, 1.807) is 6.07 Å². The van der Waals surface area contributed by atoms with E-state index in [1.165, 1.54) is 18.2 Å². The van der Waals surface area contributed by atoms with Gasteiger partial charge in [-0.2, -0.15) is 0 Å². The van der Waals surface area contributed by atoms with Crippen molar-refractivity contribution >= 4 is 5.91 Å². The number of piperidine rings is 1. The Bertz CT molecular complexity index is 621. The molecule has 0 aromatic heterocycles. The minimum atomic E-state index is -0.801. The van der Waals surface area contributed by atoms with Crippen LogP contribution in [0.3, 0.4) is 0 Å². The van der Waals surface area contributed by atoms with E-state index in [-0.39, 0.29) is 30.7 Å². The van der Waals surface area contributed by atoms with Gasteiger partial charge in [-0.25, -0.2) is 4.39 Å². The molecule has 1 aromatic carbocycles. The van der Waals surface area contributed by atoms with Crippen LogP contribution in [0, 0.1) is 11.7 Å². The van der Waals surface area contributed by atoms with Gasteiger partial charge in [-0.15, -0.1) is 0 Å². The first kappa shape index (κ1) is 19.2. The van der Waals surface area contributed by atoms with E-state index in [1.807, 2.05) is 0 Å². The second-order valence-corrected chi connectivity index (χ2v) is 7.32. The van der Waals surface area contributed by atoms with Crippen molar-refractivity contribution in [2.24, 2.45) is 5.92 Å². The van der Waals surface area contributed by atoms with Crippen LogP contribution in [-0.2, 0) is 4.74 Å². The van der Waals surface area contributed by atoms with E-state index in [0.29, 0.717) is 5.92 Å². The molecule has 1 aromatic rings. The predicted octanol–water partition coefficient (Wildman–Crippen LogP) is 0.777. The van der Waals surface area contributed by atoms with Crippen LogP contribution >= 0.6 is 0 Å². The number of halogens is 1. The molecule has 0 bridgehead atoms. The molecule has 26 heavy (non-hydrogen) atoms. The molecule has 3 rings (SSSR count). The van der Waals surface area contributed by atoms with Crippen molar-refractivity contribution in [2.75, 3.05) is 26.2 Å². The minimum Gasteiger partial charge on any atom is -0.394 e. The highest BCUT2D eigenvalue weighted by Crippen LogP contribution is 2.29. The van der Waals surface area contributed by atoms with E-state index in [4.69, 9.17) is 4.74 Å². The van der Waals surface area contributed by atoms with Gasteiger partial charge in [0.2, 0.25) is 0 Å². The summed E-state index contributed by atoms with van der Waals surface area (Å²) in [6, 6.07) is 5.22. The van der Waals surface area contributed by atoms with Crippen molar-refractivity contribution in [3.63, 3.8) is 0 Å². The van der Waals surface area contributed by atoms with Crippen LogP contribution in [0.25, 0.3) is 0 Å². The first-order valence-corrected chi connectivity index (χ1v) is 9.21. The van der Waals surface area contributed by atoms with E-state index >= 15 is 0 Å². The van der Waals surface area contributed by atoms with Crippen LogP contribution in [0.15, 0.2) is 24.3 Å². The molecule has 7 heteroatoms. The summed E-state index contributed by atoms with van der Waals surface area (Å²) in [6.45, 7) is 3.86. The largest absolute Gasteiger partial charge is 0.394 e. The highest BCUT2D eigenvalue weighted by molar-refractivity contribution is 5.94. The van der Waals surface area contributed by atoms with Gasteiger partial charge < -0.3 is 20.3 Å². The average Bonchev–Trinajstić information content (AvgIpc) is 2.96. The Labute approximate surface area is 153 Å². The molecule has 4 unspecified atom stereocenters. The number of rotatable bonds is 5.